The van der Waals surface area contributed by atoms with Gasteiger partial charge in [-0.25, -0.2) is 0 Å². The number of piperidine rings is 1. The van der Waals surface area contributed by atoms with E-state index in [0.29, 0.717) is 25.3 Å². The summed E-state index contributed by atoms with van der Waals surface area (Å²) in [6.07, 6.45) is 1.49. The molecular formula is C14H19NO4. The summed E-state index contributed by atoms with van der Waals surface area (Å²) in [5.74, 6) is 0.129. The maximum Gasteiger partial charge on any atom is 0.260 e. The van der Waals surface area contributed by atoms with Gasteiger partial charge in [0.15, 0.2) is 18.1 Å². The van der Waals surface area contributed by atoms with Gasteiger partial charge < -0.3 is 19.8 Å². The van der Waals surface area contributed by atoms with Gasteiger partial charge in [0.1, 0.15) is 0 Å². The number of ether oxygens (including phenoxy) is 1. The van der Waals surface area contributed by atoms with Gasteiger partial charge in [-0.05, 0) is 31.9 Å². The highest BCUT2D eigenvalue weighted by Crippen LogP contribution is 2.25. The van der Waals surface area contributed by atoms with Crippen molar-refractivity contribution in [1.82, 2.24) is 4.90 Å². The van der Waals surface area contributed by atoms with E-state index >= 15 is 0 Å². The minimum atomic E-state index is -0.817. The van der Waals surface area contributed by atoms with Gasteiger partial charge in [-0.15, -0.1) is 0 Å². The van der Waals surface area contributed by atoms with Gasteiger partial charge in [-0.3, -0.25) is 4.79 Å². The molecule has 1 heterocycles. The lowest BCUT2D eigenvalue weighted by molar-refractivity contribution is -0.139. The number of carbonyl (C=O) groups excluding carboxylic acids is 1. The Hall–Kier alpha value is -1.75. The summed E-state index contributed by atoms with van der Waals surface area (Å²) >= 11 is 0. The van der Waals surface area contributed by atoms with Crippen LogP contribution in [-0.4, -0.2) is 46.3 Å². The highest BCUT2D eigenvalue weighted by atomic mass is 16.5. The molecule has 1 amide bonds. The number of carbonyl (C=O) groups is 1. The van der Waals surface area contributed by atoms with Crippen LogP contribution < -0.4 is 4.74 Å². The average Bonchev–Trinajstić information content (AvgIpc) is 2.36. The van der Waals surface area contributed by atoms with Crippen LogP contribution in [0.2, 0.25) is 0 Å². The molecule has 0 radical (unpaired) electrons. The summed E-state index contributed by atoms with van der Waals surface area (Å²) in [5.41, 5.74) is -0.817. The normalized spacial score (nSPS) is 23.2. The zero-order valence-corrected chi connectivity index (χ0v) is 11.0. The molecule has 1 saturated heterocycles. The van der Waals surface area contributed by atoms with Crippen LogP contribution in [0.4, 0.5) is 0 Å². The molecule has 0 aromatic heterocycles. The molecule has 0 saturated carbocycles. The number of phenols is 1. The second-order valence-corrected chi connectivity index (χ2v) is 5.17. The summed E-state index contributed by atoms with van der Waals surface area (Å²) in [4.78, 5) is 13.6. The van der Waals surface area contributed by atoms with Gasteiger partial charge in [-0.2, -0.15) is 0 Å². The van der Waals surface area contributed by atoms with E-state index in [0.717, 1.165) is 6.42 Å². The number of hydrogen-bond donors (Lipinski definition) is 2. The van der Waals surface area contributed by atoms with Crippen LogP contribution in [0.3, 0.4) is 0 Å². The predicted octanol–water partition coefficient (Wildman–Crippen LogP) is 1.14. The molecule has 0 spiro atoms. The van der Waals surface area contributed by atoms with Crippen LogP contribution in [-0.2, 0) is 4.79 Å². The lowest BCUT2D eigenvalue weighted by Gasteiger charge is -2.36. The summed E-state index contributed by atoms with van der Waals surface area (Å²) in [5, 5.41) is 19.5. The predicted molar refractivity (Wildman–Crippen MR) is 70.0 cm³/mol. The SMILES string of the molecule is CC1(O)CCCN(C(=O)COc2ccccc2O)C1. The molecule has 5 heteroatoms. The fraction of sp³-hybridized carbons (Fsp3) is 0.500. The number of nitrogens with zero attached hydrogens (tertiary/aromatic N) is 1. The van der Waals surface area contributed by atoms with E-state index in [1.807, 2.05) is 0 Å². The Labute approximate surface area is 112 Å². The Bertz CT molecular complexity index is 459. The fourth-order valence-corrected chi connectivity index (χ4v) is 2.24. The first kappa shape index (κ1) is 13.7. The van der Waals surface area contributed by atoms with Crippen LogP contribution >= 0.6 is 0 Å². The number of hydrogen-bond acceptors (Lipinski definition) is 4. The van der Waals surface area contributed by atoms with Crippen molar-refractivity contribution < 1.29 is 19.7 Å². The maximum atomic E-state index is 12.0. The molecule has 2 N–H and O–H groups in total. The fourth-order valence-electron chi connectivity index (χ4n) is 2.24. The highest BCUT2D eigenvalue weighted by molar-refractivity contribution is 5.78. The van der Waals surface area contributed by atoms with Gasteiger partial charge in [0.25, 0.3) is 5.91 Å². The van der Waals surface area contributed by atoms with Crippen molar-refractivity contribution in [3.05, 3.63) is 24.3 Å². The number of aromatic hydroxyl groups is 1. The molecule has 1 aromatic carbocycles. The van der Waals surface area contributed by atoms with Gasteiger partial charge in [-0.1, -0.05) is 12.1 Å². The first-order valence-electron chi connectivity index (χ1n) is 6.39. The molecule has 1 aromatic rings. The molecule has 2 rings (SSSR count). The number of likely N-dealkylation sites (tertiary alicyclic amines) is 1. The van der Waals surface area contributed by atoms with E-state index in [9.17, 15) is 15.0 Å². The van der Waals surface area contributed by atoms with Gasteiger partial charge >= 0.3 is 0 Å². The molecule has 1 atom stereocenters. The Balaban J connectivity index is 1.90. The lowest BCUT2D eigenvalue weighted by atomic mass is 9.95. The second kappa shape index (κ2) is 5.48. The Morgan fingerprint density at radius 2 is 2.21 bits per heavy atom. The number of benzene rings is 1. The topological polar surface area (TPSA) is 70.0 Å². The maximum absolute atomic E-state index is 12.0. The number of aliphatic hydroxyl groups is 1. The molecule has 1 aliphatic rings. The van der Waals surface area contributed by atoms with Gasteiger partial charge in [0, 0.05) is 13.1 Å². The van der Waals surface area contributed by atoms with Gasteiger partial charge in [0.05, 0.1) is 5.60 Å². The number of β-amino-alcohol motifs (C(OH)–C–C–N with tert-alkyl or cyclic N) is 1. The Morgan fingerprint density at radius 1 is 1.47 bits per heavy atom. The Kier molecular flexibility index (Phi) is 3.95. The quantitative estimate of drug-likeness (QED) is 0.860. The summed E-state index contributed by atoms with van der Waals surface area (Å²) in [6, 6.07) is 6.53. The molecule has 0 bridgehead atoms. The largest absolute Gasteiger partial charge is 0.504 e. The third kappa shape index (κ3) is 3.61. The van der Waals surface area contributed by atoms with Crippen molar-refractivity contribution in [2.24, 2.45) is 0 Å². The molecule has 5 nitrogen and oxygen atoms in total. The van der Waals surface area contributed by atoms with E-state index in [1.165, 1.54) is 6.07 Å². The Morgan fingerprint density at radius 3 is 2.89 bits per heavy atom. The van der Waals surface area contributed by atoms with Crippen molar-refractivity contribution in [3.63, 3.8) is 0 Å². The molecule has 19 heavy (non-hydrogen) atoms. The molecule has 1 unspecified atom stereocenters. The number of para-hydroxylation sites is 2. The van der Waals surface area contributed by atoms with Crippen molar-refractivity contribution in [2.45, 2.75) is 25.4 Å². The molecule has 0 aliphatic carbocycles. The van der Waals surface area contributed by atoms with E-state index in [2.05, 4.69) is 0 Å². The summed E-state index contributed by atoms with van der Waals surface area (Å²) in [6.45, 7) is 2.57. The first-order valence-corrected chi connectivity index (χ1v) is 6.39. The minimum Gasteiger partial charge on any atom is -0.504 e. The van der Waals surface area contributed by atoms with Crippen LogP contribution in [0.5, 0.6) is 11.5 Å². The van der Waals surface area contributed by atoms with E-state index in [-0.39, 0.29) is 18.3 Å². The van der Waals surface area contributed by atoms with Crippen LogP contribution in [0.25, 0.3) is 0 Å². The number of rotatable bonds is 3. The van der Waals surface area contributed by atoms with Crippen LogP contribution in [0.1, 0.15) is 19.8 Å². The zero-order chi connectivity index (χ0) is 13.9. The third-order valence-electron chi connectivity index (χ3n) is 3.24. The van der Waals surface area contributed by atoms with Crippen LogP contribution in [0, 0.1) is 0 Å². The monoisotopic (exact) mass is 265 g/mol. The van der Waals surface area contributed by atoms with Gasteiger partial charge in [0.2, 0.25) is 0 Å². The van der Waals surface area contributed by atoms with Crippen LogP contribution in [0.15, 0.2) is 24.3 Å². The van der Waals surface area contributed by atoms with E-state index in [4.69, 9.17) is 4.74 Å². The highest BCUT2D eigenvalue weighted by Gasteiger charge is 2.30. The van der Waals surface area contributed by atoms with Crippen molar-refractivity contribution in [2.75, 3.05) is 19.7 Å². The number of amides is 1. The number of phenolic OH excluding ortho intramolecular Hbond substituents is 1. The smallest absolute Gasteiger partial charge is 0.260 e. The molecule has 104 valence electrons. The van der Waals surface area contributed by atoms with E-state index in [1.54, 1.807) is 30.0 Å². The summed E-state index contributed by atoms with van der Waals surface area (Å²) in [7, 11) is 0. The van der Waals surface area contributed by atoms with Crippen molar-refractivity contribution in [3.8, 4) is 11.5 Å². The second-order valence-electron chi connectivity index (χ2n) is 5.17. The molecular weight excluding hydrogens is 246 g/mol. The average molecular weight is 265 g/mol. The molecule has 1 aliphatic heterocycles. The summed E-state index contributed by atoms with van der Waals surface area (Å²) < 4.78 is 5.30. The zero-order valence-electron chi connectivity index (χ0n) is 11.0. The van der Waals surface area contributed by atoms with E-state index < -0.39 is 5.60 Å². The first-order chi connectivity index (χ1) is 8.98. The minimum absolute atomic E-state index is 0.0148. The van der Waals surface area contributed by atoms with Crippen molar-refractivity contribution in [1.29, 1.82) is 0 Å². The standard InChI is InChI=1S/C14H19NO4/c1-14(18)7-4-8-15(10-14)13(17)9-19-12-6-3-2-5-11(12)16/h2-3,5-6,16,18H,4,7-10H2,1H3. The lowest BCUT2D eigenvalue weighted by Crippen LogP contribution is -2.49. The van der Waals surface area contributed by atoms with Crippen molar-refractivity contribution >= 4 is 5.91 Å². The molecule has 1 fully saturated rings. The third-order valence-corrected chi connectivity index (χ3v) is 3.24.